The van der Waals surface area contributed by atoms with E-state index in [1.54, 1.807) is 7.11 Å². The number of nitrogens with one attached hydrogen (secondary N) is 1. The van der Waals surface area contributed by atoms with E-state index in [0.29, 0.717) is 5.94 Å². The molecule has 0 unspecified atom stereocenters. The standard InChI is InChI=1S/C3H8N2OS/c1-6-2-7-3(4)5/h2H2,1H3,(H3,4,5). The van der Waals surface area contributed by atoms with Crippen LogP contribution >= 0.6 is 11.8 Å². The van der Waals surface area contributed by atoms with Crippen molar-refractivity contribution in [3.63, 3.8) is 0 Å². The predicted octanol–water partition coefficient (Wildman–Crippen LogP) is 0.217. The van der Waals surface area contributed by atoms with Crippen LogP contribution in [0.25, 0.3) is 0 Å². The summed E-state index contributed by atoms with van der Waals surface area (Å²) in [7, 11) is 1.57. The van der Waals surface area contributed by atoms with E-state index in [1.165, 1.54) is 11.8 Å². The third kappa shape index (κ3) is 5.78. The van der Waals surface area contributed by atoms with Crippen molar-refractivity contribution in [2.45, 2.75) is 0 Å². The molecule has 0 aromatic heterocycles. The molecule has 7 heavy (non-hydrogen) atoms. The van der Waals surface area contributed by atoms with Gasteiger partial charge < -0.3 is 10.5 Å². The van der Waals surface area contributed by atoms with Crippen molar-refractivity contribution in [3.8, 4) is 0 Å². The summed E-state index contributed by atoms with van der Waals surface area (Å²) >= 11 is 1.17. The Kier molecular flexibility index (Phi) is 3.83. The monoisotopic (exact) mass is 120 g/mol. The van der Waals surface area contributed by atoms with Gasteiger partial charge >= 0.3 is 0 Å². The number of thioether (sulfide) groups is 1. The number of rotatable bonds is 2. The largest absolute Gasteiger partial charge is 0.379 e. The van der Waals surface area contributed by atoms with Crippen molar-refractivity contribution >= 4 is 16.9 Å². The highest BCUT2D eigenvalue weighted by molar-refractivity contribution is 8.13. The molecule has 42 valence electrons. The van der Waals surface area contributed by atoms with Gasteiger partial charge in [0.2, 0.25) is 0 Å². The van der Waals surface area contributed by atoms with E-state index in [0.717, 1.165) is 0 Å². The summed E-state index contributed by atoms with van der Waals surface area (Å²) in [5, 5.41) is 6.76. The Labute approximate surface area is 46.7 Å². The molecule has 3 nitrogen and oxygen atoms in total. The minimum Gasteiger partial charge on any atom is -0.379 e. The van der Waals surface area contributed by atoms with Gasteiger partial charge in [0.1, 0.15) is 0 Å². The second kappa shape index (κ2) is 3.95. The zero-order valence-electron chi connectivity index (χ0n) is 4.10. The topological polar surface area (TPSA) is 59.1 Å². The van der Waals surface area contributed by atoms with Crippen LogP contribution in [0.15, 0.2) is 0 Å². The van der Waals surface area contributed by atoms with E-state index in [2.05, 4.69) is 4.74 Å². The molecule has 0 aromatic carbocycles. The molecule has 0 aliphatic heterocycles. The minimum absolute atomic E-state index is 0.0989. The Balaban J connectivity index is 2.82. The first-order valence-electron chi connectivity index (χ1n) is 1.73. The molecule has 0 aliphatic rings. The summed E-state index contributed by atoms with van der Waals surface area (Å²) < 4.78 is 4.59. The van der Waals surface area contributed by atoms with Gasteiger partial charge in [0.15, 0.2) is 5.17 Å². The Morgan fingerprint density at radius 3 is 2.71 bits per heavy atom. The van der Waals surface area contributed by atoms with Crippen molar-refractivity contribution in [3.05, 3.63) is 0 Å². The Hall–Kier alpha value is -0.220. The number of amidine groups is 1. The summed E-state index contributed by atoms with van der Waals surface area (Å²) in [6.07, 6.45) is 0. The average Bonchev–Trinajstić information content (AvgIpc) is 1.61. The van der Waals surface area contributed by atoms with Crippen molar-refractivity contribution in [1.29, 1.82) is 5.41 Å². The molecule has 0 saturated carbocycles. The van der Waals surface area contributed by atoms with E-state index in [9.17, 15) is 0 Å². The Morgan fingerprint density at radius 1 is 2.00 bits per heavy atom. The summed E-state index contributed by atoms with van der Waals surface area (Å²) in [6, 6.07) is 0. The fourth-order valence-corrected chi connectivity index (χ4v) is 0.367. The number of methoxy groups -OCH3 is 1. The molecule has 0 aliphatic carbocycles. The molecule has 0 saturated heterocycles. The summed E-state index contributed by atoms with van der Waals surface area (Å²) in [6.45, 7) is 0. The maximum Gasteiger partial charge on any atom is 0.153 e. The molecule has 4 heteroatoms. The first-order valence-corrected chi connectivity index (χ1v) is 2.71. The van der Waals surface area contributed by atoms with Crippen LogP contribution in [-0.2, 0) is 4.74 Å². The quantitative estimate of drug-likeness (QED) is 0.311. The van der Waals surface area contributed by atoms with Crippen LogP contribution in [0.2, 0.25) is 0 Å². The van der Waals surface area contributed by atoms with Crippen LogP contribution < -0.4 is 5.73 Å². The number of hydrogen-bond acceptors (Lipinski definition) is 3. The molecule has 0 rings (SSSR count). The first-order chi connectivity index (χ1) is 3.27. The minimum atomic E-state index is 0.0989. The van der Waals surface area contributed by atoms with Crippen LogP contribution in [0.4, 0.5) is 0 Å². The highest BCUT2D eigenvalue weighted by Gasteiger charge is 1.84. The molecule has 0 radical (unpaired) electrons. The zero-order valence-corrected chi connectivity index (χ0v) is 4.92. The van der Waals surface area contributed by atoms with Crippen molar-refractivity contribution in [2.75, 3.05) is 13.0 Å². The lowest BCUT2D eigenvalue weighted by atomic mass is 11.4. The number of nitrogens with two attached hydrogens (primary N) is 1. The summed E-state index contributed by atoms with van der Waals surface area (Å²) in [5.41, 5.74) is 4.94. The van der Waals surface area contributed by atoms with Crippen LogP contribution in [0.3, 0.4) is 0 Å². The predicted molar refractivity (Wildman–Crippen MR) is 31.4 cm³/mol. The van der Waals surface area contributed by atoms with Gasteiger partial charge in [0, 0.05) is 7.11 Å². The van der Waals surface area contributed by atoms with E-state index in [1.807, 2.05) is 0 Å². The maximum atomic E-state index is 6.66. The summed E-state index contributed by atoms with van der Waals surface area (Å²) in [4.78, 5) is 0. The van der Waals surface area contributed by atoms with E-state index in [-0.39, 0.29) is 5.17 Å². The van der Waals surface area contributed by atoms with Crippen molar-refractivity contribution in [1.82, 2.24) is 0 Å². The number of ether oxygens (including phenoxy) is 1. The van der Waals surface area contributed by atoms with Gasteiger partial charge in [-0.25, -0.2) is 0 Å². The third-order valence-electron chi connectivity index (χ3n) is 0.332. The maximum absolute atomic E-state index is 6.66. The van der Waals surface area contributed by atoms with Crippen molar-refractivity contribution < 1.29 is 4.74 Å². The lowest BCUT2D eigenvalue weighted by Gasteiger charge is -1.92. The molecule has 0 atom stereocenters. The fraction of sp³-hybridized carbons (Fsp3) is 0.667. The summed E-state index contributed by atoms with van der Waals surface area (Å²) in [5.74, 6) is 0.468. The normalized spacial score (nSPS) is 8.71. The molecular weight excluding hydrogens is 112 g/mol. The lowest BCUT2D eigenvalue weighted by molar-refractivity contribution is 0.259. The molecule has 0 aromatic rings. The zero-order chi connectivity index (χ0) is 5.70. The molecule has 0 amide bonds. The van der Waals surface area contributed by atoms with Gasteiger partial charge in [-0.15, -0.1) is 0 Å². The second-order valence-electron chi connectivity index (χ2n) is 0.915. The van der Waals surface area contributed by atoms with Gasteiger partial charge in [-0.1, -0.05) is 11.8 Å². The van der Waals surface area contributed by atoms with Gasteiger partial charge in [0.05, 0.1) is 5.94 Å². The van der Waals surface area contributed by atoms with Crippen LogP contribution in [-0.4, -0.2) is 18.2 Å². The average molecular weight is 120 g/mol. The SMILES string of the molecule is COCSC(=N)N. The van der Waals surface area contributed by atoms with Gasteiger partial charge in [-0.05, 0) is 0 Å². The molecule has 0 heterocycles. The molecule has 0 bridgehead atoms. The molecular formula is C3H8N2OS. The highest BCUT2D eigenvalue weighted by Crippen LogP contribution is 1.94. The molecule has 0 fully saturated rings. The lowest BCUT2D eigenvalue weighted by Crippen LogP contribution is -2.04. The fourth-order valence-electron chi connectivity index (χ4n) is 0.122. The van der Waals surface area contributed by atoms with Crippen LogP contribution in [0.5, 0.6) is 0 Å². The second-order valence-corrected chi connectivity index (χ2v) is 1.88. The smallest absolute Gasteiger partial charge is 0.153 e. The van der Waals surface area contributed by atoms with Gasteiger partial charge in [0.25, 0.3) is 0 Å². The van der Waals surface area contributed by atoms with Crippen LogP contribution in [0, 0.1) is 5.41 Å². The van der Waals surface area contributed by atoms with Crippen molar-refractivity contribution in [2.24, 2.45) is 5.73 Å². The van der Waals surface area contributed by atoms with E-state index < -0.39 is 0 Å². The van der Waals surface area contributed by atoms with E-state index >= 15 is 0 Å². The highest BCUT2D eigenvalue weighted by atomic mass is 32.2. The number of hydrogen-bond donors (Lipinski definition) is 2. The van der Waals surface area contributed by atoms with Gasteiger partial charge in [-0.2, -0.15) is 0 Å². The Morgan fingerprint density at radius 2 is 2.57 bits per heavy atom. The Bertz CT molecular complexity index is 66.0. The van der Waals surface area contributed by atoms with Gasteiger partial charge in [-0.3, -0.25) is 5.41 Å². The third-order valence-corrected chi connectivity index (χ3v) is 0.997. The van der Waals surface area contributed by atoms with E-state index in [4.69, 9.17) is 11.1 Å². The first kappa shape index (κ1) is 6.78. The van der Waals surface area contributed by atoms with Crippen LogP contribution in [0.1, 0.15) is 0 Å². The molecule has 0 spiro atoms. The molecule has 3 N–H and O–H groups in total.